The summed E-state index contributed by atoms with van der Waals surface area (Å²) in [7, 11) is 0. The molecule has 1 aromatic heterocycles. The van der Waals surface area contributed by atoms with Crippen LogP contribution in [0.3, 0.4) is 0 Å². The first kappa shape index (κ1) is 15.9. The molecule has 0 N–H and O–H groups in total. The predicted octanol–water partition coefficient (Wildman–Crippen LogP) is 5.46. The summed E-state index contributed by atoms with van der Waals surface area (Å²) in [5.74, 6) is 0. The second-order valence-electron chi connectivity index (χ2n) is 6.44. The minimum absolute atomic E-state index is 0. The van der Waals surface area contributed by atoms with Gasteiger partial charge in [-0.05, 0) is 40.1 Å². The van der Waals surface area contributed by atoms with Crippen molar-refractivity contribution in [2.24, 2.45) is 10.4 Å². The van der Waals surface area contributed by atoms with Crippen LogP contribution in [-0.2, 0) is 20.1 Å². The van der Waals surface area contributed by atoms with E-state index in [9.17, 15) is 0 Å². The zero-order chi connectivity index (χ0) is 14.4. The van der Waals surface area contributed by atoms with Gasteiger partial charge in [0.05, 0.1) is 0 Å². The van der Waals surface area contributed by atoms with E-state index in [0.29, 0.717) is 0 Å². The number of hydrogen-bond donors (Lipinski definition) is 0. The molecule has 0 fully saturated rings. The number of fused-ring (bicyclic) bond motifs is 3. The van der Waals surface area contributed by atoms with Crippen LogP contribution in [0.15, 0.2) is 41.4 Å². The van der Waals surface area contributed by atoms with Gasteiger partial charge in [-0.2, -0.15) is 11.3 Å². The van der Waals surface area contributed by atoms with E-state index in [2.05, 4.69) is 56.3 Å². The first-order chi connectivity index (χ1) is 10.1. The largest absolute Gasteiger partial charge is 0.337 e. The van der Waals surface area contributed by atoms with E-state index in [1.807, 2.05) is 11.3 Å². The van der Waals surface area contributed by atoms with E-state index in [0.717, 1.165) is 6.54 Å². The van der Waals surface area contributed by atoms with Crippen molar-refractivity contribution < 1.29 is 20.1 Å². The zero-order valence-electron chi connectivity index (χ0n) is 12.8. The predicted molar refractivity (Wildman–Crippen MR) is 92.6 cm³/mol. The zero-order valence-corrected chi connectivity index (χ0v) is 16.0. The second kappa shape index (κ2) is 5.88. The Hall–Kier alpha value is -1.02. The van der Waals surface area contributed by atoms with Gasteiger partial charge >= 0.3 is 0 Å². The summed E-state index contributed by atoms with van der Waals surface area (Å²) in [5, 5.41) is 2.65. The summed E-state index contributed by atoms with van der Waals surface area (Å²) >= 11 is 1.86. The number of aliphatic imine (C=N–C) groups is 1. The molecule has 1 aliphatic rings. The van der Waals surface area contributed by atoms with Crippen LogP contribution < -0.4 is 0 Å². The van der Waals surface area contributed by atoms with Crippen LogP contribution in [0.4, 0.5) is 0 Å². The number of rotatable bonds is 1. The molecule has 0 saturated heterocycles. The topological polar surface area (TPSA) is 12.4 Å². The van der Waals surface area contributed by atoms with Crippen LogP contribution in [0.25, 0.3) is 20.2 Å². The maximum absolute atomic E-state index is 4.80. The van der Waals surface area contributed by atoms with Crippen molar-refractivity contribution in [1.29, 1.82) is 0 Å². The third-order valence-electron chi connectivity index (χ3n) is 4.44. The molecule has 22 heavy (non-hydrogen) atoms. The number of hydrogen-bond acceptors (Lipinski definition) is 2. The molecule has 0 spiro atoms. The summed E-state index contributed by atoms with van der Waals surface area (Å²) in [5.41, 5.74) is 2.57. The smallest absolute Gasteiger partial charge is 0.0285 e. The van der Waals surface area contributed by atoms with Crippen molar-refractivity contribution in [3.05, 3.63) is 48.0 Å². The third kappa shape index (κ3) is 2.56. The molecule has 0 bridgehead atoms. The fraction of sp³-hybridized carbons (Fsp3) is 0.316. The summed E-state index contributed by atoms with van der Waals surface area (Å²) in [6, 6.07) is 16.5. The van der Waals surface area contributed by atoms with E-state index in [1.54, 1.807) is 0 Å². The molecule has 3 heteroatoms. The molecule has 2 heterocycles. The Morgan fingerprint density at radius 2 is 1.95 bits per heavy atom. The van der Waals surface area contributed by atoms with Gasteiger partial charge in [-0.15, -0.1) is 23.8 Å². The van der Waals surface area contributed by atoms with Crippen molar-refractivity contribution in [3.63, 3.8) is 0 Å². The molecular weight excluding hydrogens is 466 g/mol. The number of nitrogens with zero attached hydrogens (tertiary/aromatic N) is 1. The van der Waals surface area contributed by atoms with E-state index in [4.69, 9.17) is 4.99 Å². The molecule has 1 nitrogen and oxygen atoms in total. The van der Waals surface area contributed by atoms with Gasteiger partial charge in [0.15, 0.2) is 0 Å². The van der Waals surface area contributed by atoms with Gasteiger partial charge in [-0.1, -0.05) is 37.4 Å². The molecule has 3 aromatic rings. The van der Waals surface area contributed by atoms with Gasteiger partial charge in [0.1, 0.15) is 0 Å². The maximum Gasteiger partial charge on any atom is 0.0285 e. The SMILES string of the molecule is CC1(C)CCCN=C1c1[c-]cc2c(c1)sc1ccccc12.[Ir]. The fourth-order valence-electron chi connectivity index (χ4n) is 3.29. The van der Waals surface area contributed by atoms with E-state index >= 15 is 0 Å². The van der Waals surface area contributed by atoms with Crippen LogP contribution in [0.1, 0.15) is 32.3 Å². The number of thiophene rings is 1. The molecule has 4 rings (SSSR count). The maximum atomic E-state index is 4.80. The van der Waals surface area contributed by atoms with Crippen molar-refractivity contribution in [1.82, 2.24) is 0 Å². The van der Waals surface area contributed by atoms with Crippen LogP contribution in [0, 0.1) is 11.5 Å². The van der Waals surface area contributed by atoms with Crippen LogP contribution in [-0.4, -0.2) is 12.3 Å². The second-order valence-corrected chi connectivity index (χ2v) is 7.52. The molecular formula is C19H18IrNS-. The van der Waals surface area contributed by atoms with Crippen molar-refractivity contribution in [2.75, 3.05) is 6.54 Å². The average molecular weight is 485 g/mol. The summed E-state index contributed by atoms with van der Waals surface area (Å²) in [6.07, 6.45) is 2.41. The Labute approximate surface area is 148 Å². The van der Waals surface area contributed by atoms with Gasteiger partial charge < -0.3 is 4.99 Å². The van der Waals surface area contributed by atoms with Crippen LogP contribution >= 0.6 is 11.3 Å². The van der Waals surface area contributed by atoms with Crippen molar-refractivity contribution in [3.8, 4) is 0 Å². The Morgan fingerprint density at radius 3 is 2.77 bits per heavy atom. The van der Waals surface area contributed by atoms with E-state index in [1.165, 1.54) is 44.3 Å². The van der Waals surface area contributed by atoms with Crippen LogP contribution in [0.2, 0.25) is 0 Å². The fourth-order valence-corrected chi connectivity index (χ4v) is 4.42. The molecule has 0 aliphatic carbocycles. The standard InChI is InChI=1S/C19H18NS.Ir/c1-19(2)10-5-11-20-18(19)13-8-9-15-14-6-3-4-7-16(14)21-17(15)12-13;/h3-4,6-7,9,12H,5,10-11H2,1-2H3;/q-1;. The quantitative estimate of drug-likeness (QED) is 0.407. The molecule has 1 radical (unpaired) electrons. The van der Waals surface area contributed by atoms with E-state index < -0.39 is 0 Å². The Kier molecular flexibility index (Phi) is 4.24. The first-order valence-corrected chi connectivity index (χ1v) is 8.35. The van der Waals surface area contributed by atoms with Crippen molar-refractivity contribution >= 4 is 37.2 Å². The Bertz CT molecular complexity index is 860. The number of benzene rings is 2. The minimum atomic E-state index is 0. The summed E-state index contributed by atoms with van der Waals surface area (Å²) in [6.45, 7) is 5.55. The molecule has 1 aliphatic heterocycles. The monoisotopic (exact) mass is 485 g/mol. The van der Waals surface area contributed by atoms with E-state index in [-0.39, 0.29) is 25.5 Å². The minimum Gasteiger partial charge on any atom is -0.337 e. The third-order valence-corrected chi connectivity index (χ3v) is 5.57. The molecule has 0 amide bonds. The molecule has 115 valence electrons. The van der Waals surface area contributed by atoms with Gasteiger partial charge in [-0.3, -0.25) is 0 Å². The van der Waals surface area contributed by atoms with Gasteiger partial charge in [0, 0.05) is 31.4 Å². The Balaban J connectivity index is 0.00000144. The molecule has 0 saturated carbocycles. The average Bonchev–Trinajstić information content (AvgIpc) is 2.84. The molecule has 0 unspecified atom stereocenters. The Morgan fingerprint density at radius 1 is 1.14 bits per heavy atom. The molecule has 0 atom stereocenters. The van der Waals surface area contributed by atoms with Crippen LogP contribution in [0.5, 0.6) is 0 Å². The van der Waals surface area contributed by atoms with Gasteiger partial charge in [0.25, 0.3) is 0 Å². The normalized spacial score (nSPS) is 17.3. The van der Waals surface area contributed by atoms with Crippen molar-refractivity contribution in [2.45, 2.75) is 26.7 Å². The molecule has 2 aromatic carbocycles. The van der Waals surface area contributed by atoms with Gasteiger partial charge in [0.2, 0.25) is 0 Å². The van der Waals surface area contributed by atoms with Gasteiger partial charge in [-0.25, -0.2) is 0 Å². The summed E-state index contributed by atoms with van der Waals surface area (Å²) < 4.78 is 2.69. The first-order valence-electron chi connectivity index (χ1n) is 7.53. The summed E-state index contributed by atoms with van der Waals surface area (Å²) in [4.78, 5) is 4.80.